The summed E-state index contributed by atoms with van der Waals surface area (Å²) in [5.74, 6) is -4.26. The standard InChI is InChI=1S/C21H23F3N6O3/c1-10(2)26-19-25-9-15-17(29-19)30(12-3-5-21(33,6-4-12)18(31)32)20(27-15)28-16-13(23)7-11(22)8-14(16)24/h7-10,12,33H,3-6H2,1-2H3,(H,27,28)(H,31,32)(H,25,26,29). The molecule has 3 aromatic rings. The molecule has 9 nitrogen and oxygen atoms in total. The fraction of sp³-hybridized carbons (Fsp3) is 0.429. The molecular weight excluding hydrogens is 441 g/mol. The number of halogens is 3. The van der Waals surface area contributed by atoms with Gasteiger partial charge in [-0.3, -0.25) is 4.57 Å². The summed E-state index contributed by atoms with van der Waals surface area (Å²) in [6, 6.07) is 0.775. The molecule has 4 rings (SSSR count). The first-order valence-electron chi connectivity index (χ1n) is 10.5. The zero-order chi connectivity index (χ0) is 23.9. The van der Waals surface area contributed by atoms with Gasteiger partial charge in [0.2, 0.25) is 11.9 Å². The molecule has 0 atom stereocenters. The molecule has 4 N–H and O–H groups in total. The van der Waals surface area contributed by atoms with Crippen molar-refractivity contribution in [2.45, 2.75) is 57.2 Å². The highest BCUT2D eigenvalue weighted by Crippen LogP contribution is 2.39. The highest BCUT2D eigenvalue weighted by atomic mass is 19.1. The summed E-state index contributed by atoms with van der Waals surface area (Å²) in [4.78, 5) is 24.5. The smallest absolute Gasteiger partial charge is 0.335 e. The molecule has 0 aliphatic heterocycles. The van der Waals surface area contributed by atoms with Crippen LogP contribution in [0.2, 0.25) is 0 Å². The zero-order valence-electron chi connectivity index (χ0n) is 17.9. The summed E-state index contributed by atoms with van der Waals surface area (Å²) in [5, 5.41) is 25.3. The van der Waals surface area contributed by atoms with Crippen molar-refractivity contribution < 1.29 is 28.2 Å². The average Bonchev–Trinajstić information content (AvgIpc) is 3.08. The Morgan fingerprint density at radius 1 is 1.18 bits per heavy atom. The minimum atomic E-state index is -1.84. The number of aliphatic hydroxyl groups is 1. The lowest BCUT2D eigenvalue weighted by atomic mass is 9.82. The van der Waals surface area contributed by atoms with E-state index in [9.17, 15) is 28.2 Å². The number of carbonyl (C=O) groups is 1. The molecule has 0 spiro atoms. The fourth-order valence-corrected chi connectivity index (χ4v) is 3.98. The van der Waals surface area contributed by atoms with Crippen molar-refractivity contribution in [3.8, 4) is 0 Å². The minimum Gasteiger partial charge on any atom is -0.479 e. The Morgan fingerprint density at radius 2 is 1.82 bits per heavy atom. The second kappa shape index (κ2) is 8.50. The van der Waals surface area contributed by atoms with Crippen LogP contribution in [0, 0.1) is 17.5 Å². The zero-order valence-corrected chi connectivity index (χ0v) is 17.9. The number of hydrogen-bond donors (Lipinski definition) is 4. The molecule has 1 aliphatic carbocycles. The number of carboxylic acid groups (broad SMARTS) is 1. The van der Waals surface area contributed by atoms with Crippen LogP contribution in [0.3, 0.4) is 0 Å². The Labute approximate surface area is 186 Å². The van der Waals surface area contributed by atoms with Crippen molar-refractivity contribution >= 4 is 34.7 Å². The van der Waals surface area contributed by atoms with Crippen molar-refractivity contribution in [2.24, 2.45) is 0 Å². The molecule has 1 aromatic carbocycles. The van der Waals surface area contributed by atoms with Crippen molar-refractivity contribution in [3.63, 3.8) is 0 Å². The SMILES string of the molecule is CC(C)Nc1ncc2nc(Nc3c(F)cc(F)cc3F)n(C3CCC(O)(C(=O)O)CC3)c2n1. The van der Waals surface area contributed by atoms with Gasteiger partial charge < -0.3 is 20.8 Å². The number of benzene rings is 1. The third-order valence-electron chi connectivity index (χ3n) is 5.64. The topological polar surface area (TPSA) is 125 Å². The van der Waals surface area contributed by atoms with Crippen molar-refractivity contribution in [1.82, 2.24) is 19.5 Å². The maximum absolute atomic E-state index is 14.3. The molecular formula is C21H23F3N6O3. The van der Waals surface area contributed by atoms with Gasteiger partial charge in [-0.1, -0.05) is 0 Å². The van der Waals surface area contributed by atoms with Crippen LogP contribution in [0.25, 0.3) is 11.2 Å². The maximum atomic E-state index is 14.3. The molecule has 1 aliphatic rings. The molecule has 0 radical (unpaired) electrons. The summed E-state index contributed by atoms with van der Waals surface area (Å²) >= 11 is 0. The number of aliphatic carboxylic acids is 1. The van der Waals surface area contributed by atoms with Gasteiger partial charge in [0.05, 0.1) is 6.20 Å². The van der Waals surface area contributed by atoms with E-state index in [0.29, 0.717) is 29.2 Å². The third kappa shape index (κ3) is 4.42. The second-order valence-electron chi connectivity index (χ2n) is 8.44. The number of nitrogens with zero attached hydrogens (tertiary/aromatic N) is 4. The Kier molecular flexibility index (Phi) is 5.87. The van der Waals surface area contributed by atoms with E-state index in [2.05, 4.69) is 25.6 Å². The summed E-state index contributed by atoms with van der Waals surface area (Å²) in [6.07, 6.45) is 1.94. The Balaban J connectivity index is 1.79. The normalized spacial score (nSPS) is 20.9. The van der Waals surface area contributed by atoms with Gasteiger partial charge in [-0.15, -0.1) is 0 Å². The predicted molar refractivity (Wildman–Crippen MR) is 114 cm³/mol. The molecule has 0 unspecified atom stereocenters. The first kappa shape index (κ1) is 22.8. The molecule has 176 valence electrons. The summed E-state index contributed by atoms with van der Waals surface area (Å²) in [5.41, 5.74) is -1.72. The molecule has 2 aromatic heterocycles. The predicted octanol–water partition coefficient (Wildman–Crippen LogP) is 3.74. The van der Waals surface area contributed by atoms with Gasteiger partial charge in [-0.25, -0.2) is 27.9 Å². The third-order valence-corrected chi connectivity index (χ3v) is 5.64. The van der Waals surface area contributed by atoms with E-state index in [0.717, 1.165) is 0 Å². The van der Waals surface area contributed by atoms with Gasteiger partial charge in [0.25, 0.3) is 0 Å². The number of anilines is 3. The highest BCUT2D eigenvalue weighted by Gasteiger charge is 2.41. The Hall–Kier alpha value is -3.41. The van der Waals surface area contributed by atoms with Crippen molar-refractivity contribution in [3.05, 3.63) is 35.8 Å². The number of hydrogen-bond acceptors (Lipinski definition) is 7. The number of rotatable bonds is 6. The van der Waals surface area contributed by atoms with Gasteiger partial charge in [0.1, 0.15) is 17.0 Å². The van der Waals surface area contributed by atoms with E-state index >= 15 is 0 Å². The fourth-order valence-electron chi connectivity index (χ4n) is 3.98. The molecule has 1 fully saturated rings. The second-order valence-corrected chi connectivity index (χ2v) is 8.44. The van der Waals surface area contributed by atoms with E-state index in [1.807, 2.05) is 13.8 Å². The van der Waals surface area contributed by atoms with Crippen LogP contribution in [-0.2, 0) is 4.79 Å². The van der Waals surface area contributed by atoms with Gasteiger partial charge in [0, 0.05) is 24.2 Å². The molecule has 12 heteroatoms. The lowest BCUT2D eigenvalue weighted by Gasteiger charge is -2.33. The van der Waals surface area contributed by atoms with Crippen molar-refractivity contribution in [2.75, 3.05) is 10.6 Å². The van der Waals surface area contributed by atoms with E-state index in [4.69, 9.17) is 0 Å². The molecule has 33 heavy (non-hydrogen) atoms. The molecule has 0 amide bonds. The van der Waals surface area contributed by atoms with Crippen LogP contribution in [0.5, 0.6) is 0 Å². The van der Waals surface area contributed by atoms with E-state index < -0.39 is 34.7 Å². The quantitative estimate of drug-likeness (QED) is 0.435. The van der Waals surface area contributed by atoms with E-state index in [1.165, 1.54) is 6.20 Å². The number of nitrogens with one attached hydrogen (secondary N) is 2. The lowest BCUT2D eigenvalue weighted by Crippen LogP contribution is -2.42. The van der Waals surface area contributed by atoms with Crippen LogP contribution in [-0.4, -0.2) is 47.3 Å². The number of imidazole rings is 1. The minimum absolute atomic E-state index is 0.0203. The van der Waals surface area contributed by atoms with Gasteiger partial charge in [-0.05, 0) is 39.5 Å². The van der Waals surface area contributed by atoms with Gasteiger partial charge in [0.15, 0.2) is 22.9 Å². The van der Waals surface area contributed by atoms with Gasteiger partial charge >= 0.3 is 5.97 Å². The lowest BCUT2D eigenvalue weighted by molar-refractivity contribution is -0.162. The number of fused-ring (bicyclic) bond motifs is 1. The molecule has 2 heterocycles. The van der Waals surface area contributed by atoms with Crippen LogP contribution in [0.1, 0.15) is 45.6 Å². The van der Waals surface area contributed by atoms with Crippen LogP contribution in [0.4, 0.5) is 30.8 Å². The Morgan fingerprint density at radius 3 is 2.39 bits per heavy atom. The Bertz CT molecular complexity index is 1180. The first-order chi connectivity index (χ1) is 15.6. The largest absolute Gasteiger partial charge is 0.479 e. The van der Waals surface area contributed by atoms with E-state index in [1.54, 1.807) is 4.57 Å². The number of aromatic nitrogens is 4. The number of carboxylic acids is 1. The summed E-state index contributed by atoms with van der Waals surface area (Å²) < 4.78 is 43.6. The van der Waals surface area contributed by atoms with Crippen LogP contribution < -0.4 is 10.6 Å². The first-order valence-corrected chi connectivity index (χ1v) is 10.5. The summed E-state index contributed by atoms with van der Waals surface area (Å²) in [6.45, 7) is 3.82. The molecule has 0 saturated heterocycles. The van der Waals surface area contributed by atoms with Crippen LogP contribution in [0.15, 0.2) is 18.3 Å². The monoisotopic (exact) mass is 464 g/mol. The molecule has 1 saturated carbocycles. The van der Waals surface area contributed by atoms with Crippen LogP contribution >= 0.6 is 0 Å². The van der Waals surface area contributed by atoms with Crippen molar-refractivity contribution in [1.29, 1.82) is 0 Å². The summed E-state index contributed by atoms with van der Waals surface area (Å²) in [7, 11) is 0. The molecule has 0 bridgehead atoms. The van der Waals surface area contributed by atoms with E-state index in [-0.39, 0.29) is 43.7 Å². The average molecular weight is 464 g/mol. The van der Waals surface area contributed by atoms with Gasteiger partial charge in [-0.2, -0.15) is 4.98 Å². The highest BCUT2D eigenvalue weighted by molar-refractivity contribution is 5.78. The maximum Gasteiger partial charge on any atom is 0.335 e.